The van der Waals surface area contributed by atoms with Gasteiger partial charge in [0.1, 0.15) is 5.60 Å². The molecule has 0 radical (unpaired) electrons. The van der Waals surface area contributed by atoms with E-state index in [1.54, 1.807) is 35.5 Å². The third kappa shape index (κ3) is 5.45. The van der Waals surface area contributed by atoms with E-state index in [4.69, 9.17) is 4.74 Å². The number of nitrogens with zero attached hydrogens (tertiary/aromatic N) is 3. The van der Waals surface area contributed by atoms with Gasteiger partial charge in [-0.15, -0.1) is 0 Å². The number of carbonyl (C=O) groups excluding carboxylic acids is 3. The van der Waals surface area contributed by atoms with Crippen LogP contribution < -0.4 is 0 Å². The van der Waals surface area contributed by atoms with Crippen molar-refractivity contribution in [3.05, 3.63) is 12.7 Å². The molecule has 2 rings (SSSR count). The molecule has 2 aliphatic heterocycles. The van der Waals surface area contributed by atoms with Gasteiger partial charge in [-0.2, -0.15) is 0 Å². The molecule has 0 saturated carbocycles. The van der Waals surface area contributed by atoms with Crippen molar-refractivity contribution < 1.29 is 24.2 Å². The van der Waals surface area contributed by atoms with E-state index in [-0.39, 0.29) is 30.9 Å². The minimum Gasteiger partial charge on any atom is -0.444 e. The highest BCUT2D eigenvalue weighted by molar-refractivity contribution is 5.87. The van der Waals surface area contributed by atoms with Crippen LogP contribution in [-0.2, 0) is 14.3 Å². The zero-order valence-corrected chi connectivity index (χ0v) is 16.5. The SMILES string of the molecule is C=CC(=O)N1CCC(C(=O)N2CCN(C(=O)OC(C)(C)C)CC2CO)CC1. The van der Waals surface area contributed by atoms with Crippen molar-refractivity contribution >= 4 is 17.9 Å². The highest BCUT2D eigenvalue weighted by Gasteiger charge is 2.37. The molecule has 0 aromatic rings. The lowest BCUT2D eigenvalue weighted by molar-refractivity contribution is -0.144. The Morgan fingerprint density at radius 3 is 2.26 bits per heavy atom. The maximum absolute atomic E-state index is 12.9. The van der Waals surface area contributed by atoms with Gasteiger partial charge in [0, 0.05) is 38.6 Å². The molecule has 1 N–H and O–H groups in total. The fraction of sp³-hybridized carbons (Fsp3) is 0.737. The molecule has 2 fully saturated rings. The van der Waals surface area contributed by atoms with Gasteiger partial charge in [0.05, 0.1) is 12.6 Å². The summed E-state index contributed by atoms with van der Waals surface area (Å²) in [5.41, 5.74) is -0.588. The first-order valence-electron chi connectivity index (χ1n) is 9.47. The van der Waals surface area contributed by atoms with Gasteiger partial charge < -0.3 is 24.5 Å². The first kappa shape index (κ1) is 21.2. The van der Waals surface area contributed by atoms with Crippen molar-refractivity contribution in [3.8, 4) is 0 Å². The molecule has 0 spiro atoms. The quantitative estimate of drug-likeness (QED) is 0.732. The molecule has 0 aromatic heterocycles. The van der Waals surface area contributed by atoms with Gasteiger partial charge in [-0.3, -0.25) is 9.59 Å². The van der Waals surface area contributed by atoms with Crippen LogP contribution in [0.2, 0.25) is 0 Å². The summed E-state index contributed by atoms with van der Waals surface area (Å²) in [6.07, 6.45) is 2.07. The largest absolute Gasteiger partial charge is 0.444 e. The van der Waals surface area contributed by atoms with Gasteiger partial charge in [0.15, 0.2) is 0 Å². The van der Waals surface area contributed by atoms with Gasteiger partial charge in [0.25, 0.3) is 0 Å². The minimum absolute atomic E-state index is 0.0106. The number of amides is 3. The molecule has 1 atom stereocenters. The topological polar surface area (TPSA) is 90.4 Å². The molecule has 0 aromatic carbocycles. The number of likely N-dealkylation sites (tertiary alicyclic amines) is 1. The summed E-state index contributed by atoms with van der Waals surface area (Å²) in [6, 6.07) is -0.438. The van der Waals surface area contributed by atoms with E-state index in [9.17, 15) is 19.5 Å². The summed E-state index contributed by atoms with van der Waals surface area (Å²) >= 11 is 0. The Balaban J connectivity index is 1.93. The fourth-order valence-corrected chi connectivity index (χ4v) is 3.50. The Morgan fingerprint density at radius 2 is 1.74 bits per heavy atom. The summed E-state index contributed by atoms with van der Waals surface area (Å²) < 4.78 is 5.38. The van der Waals surface area contributed by atoms with Crippen LogP contribution in [0.1, 0.15) is 33.6 Å². The second-order valence-corrected chi connectivity index (χ2v) is 8.10. The van der Waals surface area contributed by atoms with Crippen LogP contribution >= 0.6 is 0 Å². The maximum Gasteiger partial charge on any atom is 0.410 e. The predicted octanol–water partition coefficient (Wildman–Crippen LogP) is 0.851. The van der Waals surface area contributed by atoms with Crippen LogP contribution in [0.5, 0.6) is 0 Å². The number of rotatable bonds is 3. The summed E-state index contributed by atoms with van der Waals surface area (Å²) in [6.45, 7) is 10.8. The number of piperazine rings is 1. The van der Waals surface area contributed by atoms with E-state index in [1.807, 2.05) is 0 Å². The van der Waals surface area contributed by atoms with E-state index >= 15 is 0 Å². The van der Waals surface area contributed by atoms with Crippen LogP contribution in [0.4, 0.5) is 4.79 Å². The van der Waals surface area contributed by atoms with Crippen LogP contribution in [0.25, 0.3) is 0 Å². The fourth-order valence-electron chi connectivity index (χ4n) is 3.50. The second-order valence-electron chi connectivity index (χ2n) is 8.10. The molecule has 27 heavy (non-hydrogen) atoms. The summed E-state index contributed by atoms with van der Waals surface area (Å²) in [7, 11) is 0. The van der Waals surface area contributed by atoms with Crippen LogP contribution in [0.3, 0.4) is 0 Å². The number of ether oxygens (including phenoxy) is 1. The summed E-state index contributed by atoms with van der Waals surface area (Å²) in [5.74, 6) is -0.287. The summed E-state index contributed by atoms with van der Waals surface area (Å²) in [4.78, 5) is 41.8. The Labute approximate surface area is 160 Å². The number of hydrogen-bond acceptors (Lipinski definition) is 5. The first-order chi connectivity index (χ1) is 12.7. The highest BCUT2D eigenvalue weighted by atomic mass is 16.6. The molecule has 2 heterocycles. The summed E-state index contributed by atoms with van der Waals surface area (Å²) in [5, 5.41) is 9.75. The van der Waals surface area contributed by atoms with Gasteiger partial charge in [-0.05, 0) is 39.7 Å². The number of aliphatic hydroxyl groups is 1. The average molecular weight is 381 g/mol. The smallest absolute Gasteiger partial charge is 0.410 e. The Bertz CT molecular complexity index is 578. The molecule has 0 aliphatic carbocycles. The lowest BCUT2D eigenvalue weighted by atomic mass is 9.94. The Hall–Kier alpha value is -2.09. The van der Waals surface area contributed by atoms with Crippen molar-refractivity contribution in [2.24, 2.45) is 5.92 Å². The van der Waals surface area contributed by atoms with Crippen LogP contribution in [-0.4, -0.2) is 88.7 Å². The molecule has 2 saturated heterocycles. The van der Waals surface area contributed by atoms with Crippen molar-refractivity contribution in [2.45, 2.75) is 45.3 Å². The molecular weight excluding hydrogens is 350 g/mol. The molecule has 2 aliphatic rings. The molecule has 8 heteroatoms. The number of hydrogen-bond donors (Lipinski definition) is 1. The highest BCUT2D eigenvalue weighted by Crippen LogP contribution is 2.23. The zero-order chi connectivity index (χ0) is 20.2. The van der Waals surface area contributed by atoms with Crippen molar-refractivity contribution in [1.29, 1.82) is 0 Å². The number of carbonyl (C=O) groups is 3. The van der Waals surface area contributed by atoms with Crippen molar-refractivity contribution in [3.63, 3.8) is 0 Å². The lowest BCUT2D eigenvalue weighted by Crippen LogP contribution is -2.60. The van der Waals surface area contributed by atoms with E-state index in [0.717, 1.165) is 0 Å². The average Bonchev–Trinajstić information content (AvgIpc) is 2.65. The van der Waals surface area contributed by atoms with E-state index in [2.05, 4.69) is 6.58 Å². The normalized spacial score (nSPS) is 21.8. The second kappa shape index (κ2) is 8.73. The van der Waals surface area contributed by atoms with E-state index < -0.39 is 17.7 Å². The molecule has 1 unspecified atom stereocenters. The Morgan fingerprint density at radius 1 is 1.11 bits per heavy atom. The molecular formula is C19H31N3O5. The zero-order valence-electron chi connectivity index (χ0n) is 16.5. The Kier molecular flexibility index (Phi) is 6.86. The van der Waals surface area contributed by atoms with Crippen LogP contribution in [0, 0.1) is 5.92 Å². The third-order valence-corrected chi connectivity index (χ3v) is 4.96. The third-order valence-electron chi connectivity index (χ3n) is 4.96. The monoisotopic (exact) mass is 381 g/mol. The van der Waals surface area contributed by atoms with Gasteiger partial charge in [-0.1, -0.05) is 6.58 Å². The number of piperidine rings is 1. The number of aliphatic hydroxyl groups excluding tert-OH is 1. The first-order valence-corrected chi connectivity index (χ1v) is 9.47. The minimum atomic E-state index is -0.588. The molecule has 0 bridgehead atoms. The molecule has 8 nitrogen and oxygen atoms in total. The molecule has 3 amide bonds. The van der Waals surface area contributed by atoms with Gasteiger partial charge in [-0.25, -0.2) is 4.79 Å². The van der Waals surface area contributed by atoms with Gasteiger partial charge in [0.2, 0.25) is 11.8 Å². The van der Waals surface area contributed by atoms with Crippen molar-refractivity contribution in [2.75, 3.05) is 39.3 Å². The van der Waals surface area contributed by atoms with E-state index in [1.165, 1.54) is 6.08 Å². The molecule has 152 valence electrons. The van der Waals surface area contributed by atoms with Crippen LogP contribution in [0.15, 0.2) is 12.7 Å². The van der Waals surface area contributed by atoms with E-state index in [0.29, 0.717) is 39.0 Å². The lowest BCUT2D eigenvalue weighted by Gasteiger charge is -2.43. The standard InChI is InChI=1S/C19H31N3O5/c1-5-16(24)20-8-6-14(7-9-20)17(25)22-11-10-21(12-15(22)13-23)18(26)27-19(2,3)4/h5,14-15,23H,1,6-13H2,2-4H3. The predicted molar refractivity (Wildman–Crippen MR) is 99.9 cm³/mol. The maximum atomic E-state index is 12.9. The van der Waals surface area contributed by atoms with Gasteiger partial charge >= 0.3 is 6.09 Å². The van der Waals surface area contributed by atoms with Crippen molar-refractivity contribution in [1.82, 2.24) is 14.7 Å².